The second-order valence-corrected chi connectivity index (χ2v) is 4.43. The Bertz CT molecular complexity index is 365. The monoisotopic (exact) mass is 237 g/mol. The van der Waals surface area contributed by atoms with Crippen molar-refractivity contribution in [2.24, 2.45) is 5.73 Å². The Morgan fingerprint density at radius 3 is 2.53 bits per heavy atom. The highest BCUT2D eigenvalue weighted by molar-refractivity contribution is 7.85. The zero-order valence-electron chi connectivity index (χ0n) is 7.75. The molecule has 15 heavy (non-hydrogen) atoms. The second kappa shape index (κ2) is 4.76. The zero-order valence-corrected chi connectivity index (χ0v) is 8.57. The quantitative estimate of drug-likeness (QED) is 0.870. The van der Waals surface area contributed by atoms with Gasteiger partial charge < -0.3 is 5.73 Å². The summed E-state index contributed by atoms with van der Waals surface area (Å²) in [5.41, 5.74) is 4.39. The van der Waals surface area contributed by atoms with E-state index in [0.29, 0.717) is 0 Å². The van der Waals surface area contributed by atoms with E-state index in [1.807, 2.05) is 0 Å². The van der Waals surface area contributed by atoms with Crippen LogP contribution in [0.1, 0.15) is 5.56 Å². The van der Waals surface area contributed by atoms with Crippen LogP contribution in [-0.2, 0) is 17.0 Å². The Labute approximate surface area is 87.7 Å². The molecule has 0 bridgehead atoms. The fraction of sp³-hybridized carbons (Fsp3) is 0.333. The molecule has 2 N–H and O–H groups in total. The van der Waals surface area contributed by atoms with Crippen LogP contribution in [0.4, 0.5) is 13.2 Å². The van der Waals surface area contributed by atoms with Crippen LogP contribution < -0.4 is 5.73 Å². The molecule has 0 aliphatic carbocycles. The Morgan fingerprint density at radius 1 is 1.33 bits per heavy atom. The van der Waals surface area contributed by atoms with Gasteiger partial charge in [0.1, 0.15) is 0 Å². The zero-order chi connectivity index (χ0) is 11.5. The molecule has 2 nitrogen and oxygen atoms in total. The van der Waals surface area contributed by atoms with E-state index in [0.717, 1.165) is 12.1 Å². The molecule has 0 saturated carbocycles. The topological polar surface area (TPSA) is 43.1 Å². The number of benzene rings is 1. The van der Waals surface area contributed by atoms with E-state index in [9.17, 15) is 17.4 Å². The predicted octanol–water partition coefficient (Wildman–Crippen LogP) is 1.77. The van der Waals surface area contributed by atoms with E-state index >= 15 is 0 Å². The van der Waals surface area contributed by atoms with Crippen LogP contribution in [0.2, 0.25) is 0 Å². The van der Waals surface area contributed by atoms with Crippen LogP contribution in [0, 0.1) is 0 Å². The van der Waals surface area contributed by atoms with Gasteiger partial charge >= 0.3 is 6.18 Å². The van der Waals surface area contributed by atoms with Gasteiger partial charge in [-0.3, -0.25) is 4.21 Å². The van der Waals surface area contributed by atoms with Gasteiger partial charge in [0.25, 0.3) is 0 Å². The first-order valence-electron chi connectivity index (χ1n) is 4.21. The molecule has 0 aliphatic heterocycles. The van der Waals surface area contributed by atoms with Gasteiger partial charge in [0.05, 0.1) is 16.4 Å². The molecule has 1 unspecified atom stereocenters. The Hall–Kier alpha value is -0.880. The standard InChI is InChI=1S/C9H10F3NOS/c10-9(11,12)7-2-1-3-8(6-7)15(14)5-4-13/h1-3,6H,4-5,13H2. The molecule has 1 atom stereocenters. The highest BCUT2D eigenvalue weighted by Gasteiger charge is 2.30. The van der Waals surface area contributed by atoms with E-state index in [2.05, 4.69) is 0 Å². The molecule has 84 valence electrons. The molecule has 1 aromatic rings. The summed E-state index contributed by atoms with van der Waals surface area (Å²) >= 11 is 0. The molecule has 0 heterocycles. The third kappa shape index (κ3) is 3.32. The van der Waals surface area contributed by atoms with E-state index < -0.39 is 22.5 Å². The molecule has 0 amide bonds. The lowest BCUT2D eigenvalue weighted by atomic mass is 10.2. The van der Waals surface area contributed by atoms with E-state index in [1.54, 1.807) is 0 Å². The molecule has 0 fully saturated rings. The maximum atomic E-state index is 12.3. The summed E-state index contributed by atoms with van der Waals surface area (Å²) in [6.07, 6.45) is -4.40. The molecule has 0 radical (unpaired) electrons. The third-order valence-corrected chi connectivity index (χ3v) is 3.11. The van der Waals surface area contributed by atoms with Crippen molar-refractivity contribution in [3.63, 3.8) is 0 Å². The van der Waals surface area contributed by atoms with Crippen molar-refractivity contribution < 1.29 is 17.4 Å². The molecule has 6 heteroatoms. The van der Waals surface area contributed by atoms with Gasteiger partial charge in [0, 0.05) is 17.2 Å². The first-order chi connectivity index (χ1) is 6.95. The Kier molecular flexibility index (Phi) is 3.87. The molecule has 0 spiro atoms. The summed E-state index contributed by atoms with van der Waals surface area (Å²) in [7, 11) is -1.45. The number of alkyl halides is 3. The number of nitrogens with two attached hydrogens (primary N) is 1. The number of halogens is 3. The van der Waals surface area contributed by atoms with Crippen LogP contribution in [0.3, 0.4) is 0 Å². The molecule has 0 aliphatic rings. The SMILES string of the molecule is NCCS(=O)c1cccc(C(F)(F)F)c1. The number of rotatable bonds is 3. The van der Waals surface area contributed by atoms with Crippen LogP contribution >= 0.6 is 0 Å². The summed E-state index contributed by atoms with van der Waals surface area (Å²) in [6, 6.07) is 4.49. The largest absolute Gasteiger partial charge is 0.416 e. The van der Waals surface area contributed by atoms with Gasteiger partial charge in [-0.1, -0.05) is 6.07 Å². The van der Waals surface area contributed by atoms with Crippen molar-refractivity contribution in [1.29, 1.82) is 0 Å². The van der Waals surface area contributed by atoms with Crippen molar-refractivity contribution in [2.75, 3.05) is 12.3 Å². The average Bonchev–Trinajstić information content (AvgIpc) is 2.17. The van der Waals surface area contributed by atoms with Gasteiger partial charge in [-0.25, -0.2) is 0 Å². The Morgan fingerprint density at radius 2 is 2.00 bits per heavy atom. The first-order valence-corrected chi connectivity index (χ1v) is 5.52. The highest BCUT2D eigenvalue weighted by atomic mass is 32.2. The second-order valence-electron chi connectivity index (χ2n) is 2.86. The predicted molar refractivity (Wildman–Crippen MR) is 51.8 cm³/mol. The van der Waals surface area contributed by atoms with Gasteiger partial charge in [-0.05, 0) is 18.2 Å². The fourth-order valence-electron chi connectivity index (χ4n) is 1.04. The summed E-state index contributed by atoms with van der Waals surface area (Å²) in [5.74, 6) is 0.168. The van der Waals surface area contributed by atoms with Crippen LogP contribution in [0.25, 0.3) is 0 Å². The van der Waals surface area contributed by atoms with Gasteiger partial charge in [0.2, 0.25) is 0 Å². The average molecular weight is 237 g/mol. The van der Waals surface area contributed by atoms with Gasteiger partial charge in [-0.15, -0.1) is 0 Å². The molecule has 1 rings (SSSR count). The Balaban J connectivity index is 2.98. The molecule has 0 aromatic heterocycles. The normalized spacial score (nSPS) is 13.9. The minimum absolute atomic E-state index is 0.162. The van der Waals surface area contributed by atoms with Crippen LogP contribution in [0.5, 0.6) is 0 Å². The number of hydrogen-bond acceptors (Lipinski definition) is 2. The fourth-order valence-corrected chi connectivity index (χ4v) is 1.98. The lowest BCUT2D eigenvalue weighted by molar-refractivity contribution is -0.137. The molecular weight excluding hydrogens is 227 g/mol. The van der Waals surface area contributed by atoms with Crippen molar-refractivity contribution in [3.8, 4) is 0 Å². The molecule has 1 aromatic carbocycles. The van der Waals surface area contributed by atoms with Crippen molar-refractivity contribution in [3.05, 3.63) is 29.8 Å². The van der Waals surface area contributed by atoms with Crippen molar-refractivity contribution in [2.45, 2.75) is 11.1 Å². The maximum absolute atomic E-state index is 12.3. The summed E-state index contributed by atoms with van der Waals surface area (Å²) in [5, 5.41) is 0. The van der Waals surface area contributed by atoms with Crippen molar-refractivity contribution >= 4 is 10.8 Å². The van der Waals surface area contributed by atoms with Gasteiger partial charge in [-0.2, -0.15) is 13.2 Å². The van der Waals surface area contributed by atoms with E-state index in [-0.39, 0.29) is 17.2 Å². The van der Waals surface area contributed by atoms with Crippen LogP contribution in [-0.4, -0.2) is 16.5 Å². The number of hydrogen-bond donors (Lipinski definition) is 1. The maximum Gasteiger partial charge on any atom is 0.416 e. The summed E-state index contributed by atoms with van der Waals surface area (Å²) < 4.78 is 48.3. The lowest BCUT2D eigenvalue weighted by Crippen LogP contribution is -2.11. The van der Waals surface area contributed by atoms with Crippen LogP contribution in [0.15, 0.2) is 29.2 Å². The first kappa shape index (κ1) is 12.2. The third-order valence-electron chi connectivity index (χ3n) is 1.73. The van der Waals surface area contributed by atoms with Crippen molar-refractivity contribution in [1.82, 2.24) is 0 Å². The lowest BCUT2D eigenvalue weighted by Gasteiger charge is -2.07. The minimum Gasteiger partial charge on any atom is -0.330 e. The smallest absolute Gasteiger partial charge is 0.330 e. The molecular formula is C9H10F3NOS. The van der Waals surface area contributed by atoms with E-state index in [1.165, 1.54) is 12.1 Å². The molecule has 0 saturated heterocycles. The summed E-state index contributed by atoms with van der Waals surface area (Å²) in [6.45, 7) is 0.183. The summed E-state index contributed by atoms with van der Waals surface area (Å²) in [4.78, 5) is 0.162. The van der Waals surface area contributed by atoms with E-state index in [4.69, 9.17) is 5.73 Å². The highest BCUT2D eigenvalue weighted by Crippen LogP contribution is 2.30. The minimum atomic E-state index is -4.40. The van der Waals surface area contributed by atoms with Gasteiger partial charge in [0.15, 0.2) is 0 Å².